The number of carbonyl (C=O) groups is 3. The van der Waals surface area contributed by atoms with Crippen LogP contribution in [-0.4, -0.2) is 43.5 Å². The molecule has 1 saturated heterocycles. The fourth-order valence-electron chi connectivity index (χ4n) is 2.31. The molecular weight excluding hydrogens is 298 g/mol. The Morgan fingerprint density at radius 3 is 2.74 bits per heavy atom. The maximum Gasteiger partial charge on any atom is 0.256 e. The Labute approximate surface area is 134 Å². The van der Waals surface area contributed by atoms with Gasteiger partial charge in [-0.1, -0.05) is 6.07 Å². The van der Waals surface area contributed by atoms with Crippen molar-refractivity contribution in [2.75, 3.05) is 25.5 Å². The second kappa shape index (κ2) is 7.23. The van der Waals surface area contributed by atoms with E-state index in [-0.39, 0.29) is 24.3 Å². The number of anilines is 1. The van der Waals surface area contributed by atoms with Gasteiger partial charge in [-0.05, 0) is 38.0 Å². The molecule has 124 valence electrons. The van der Waals surface area contributed by atoms with E-state index in [1.807, 2.05) is 0 Å². The number of hydrogen-bond donors (Lipinski definition) is 3. The van der Waals surface area contributed by atoms with Crippen molar-refractivity contribution in [3.05, 3.63) is 29.8 Å². The van der Waals surface area contributed by atoms with Crippen molar-refractivity contribution < 1.29 is 19.1 Å². The molecule has 1 aliphatic rings. The lowest BCUT2D eigenvalue weighted by molar-refractivity contribution is -0.133. The van der Waals surface area contributed by atoms with E-state index in [0.29, 0.717) is 24.3 Å². The monoisotopic (exact) mass is 319 g/mol. The first-order valence-corrected chi connectivity index (χ1v) is 7.49. The van der Waals surface area contributed by atoms with Gasteiger partial charge in [-0.3, -0.25) is 14.4 Å². The number of nitrogens with one attached hydrogen (secondary N) is 3. The van der Waals surface area contributed by atoms with Crippen molar-refractivity contribution in [3.8, 4) is 0 Å². The van der Waals surface area contributed by atoms with Gasteiger partial charge in [0, 0.05) is 24.9 Å². The number of benzene rings is 1. The molecule has 2 rings (SSSR count). The first-order chi connectivity index (χ1) is 10.9. The molecule has 0 bridgehead atoms. The quantitative estimate of drug-likeness (QED) is 0.743. The molecule has 0 saturated carbocycles. The van der Waals surface area contributed by atoms with Crippen molar-refractivity contribution in [2.24, 2.45) is 0 Å². The van der Waals surface area contributed by atoms with Gasteiger partial charge >= 0.3 is 0 Å². The van der Waals surface area contributed by atoms with Gasteiger partial charge in [-0.2, -0.15) is 0 Å². The Morgan fingerprint density at radius 1 is 1.30 bits per heavy atom. The largest absolute Gasteiger partial charge is 0.365 e. The van der Waals surface area contributed by atoms with E-state index in [9.17, 15) is 14.4 Å². The van der Waals surface area contributed by atoms with Gasteiger partial charge in [0.05, 0.1) is 6.54 Å². The molecule has 1 aromatic rings. The van der Waals surface area contributed by atoms with E-state index in [0.717, 1.165) is 6.42 Å². The summed E-state index contributed by atoms with van der Waals surface area (Å²) in [5, 5.41) is 7.70. The highest BCUT2D eigenvalue weighted by molar-refractivity contribution is 6.00. The lowest BCUT2D eigenvalue weighted by atomic mass is 10.0. The lowest BCUT2D eigenvalue weighted by Crippen LogP contribution is -2.39. The highest BCUT2D eigenvalue weighted by Gasteiger charge is 2.37. The molecule has 1 heterocycles. The van der Waals surface area contributed by atoms with Crippen molar-refractivity contribution in [1.82, 2.24) is 10.6 Å². The third kappa shape index (κ3) is 4.29. The number of likely N-dealkylation sites (N-methyl/N-ethyl adjacent to an activating group) is 1. The zero-order valence-electron chi connectivity index (χ0n) is 13.3. The minimum Gasteiger partial charge on any atom is -0.365 e. The minimum absolute atomic E-state index is 0.0994. The van der Waals surface area contributed by atoms with E-state index in [1.54, 1.807) is 31.2 Å². The Morgan fingerprint density at radius 2 is 2.09 bits per heavy atom. The van der Waals surface area contributed by atoms with Gasteiger partial charge in [0.2, 0.25) is 5.91 Å². The molecule has 1 fully saturated rings. The molecule has 1 aliphatic heterocycles. The summed E-state index contributed by atoms with van der Waals surface area (Å²) in [5.41, 5.74) is 0.0563. The number of hydrogen-bond acceptors (Lipinski definition) is 4. The number of carbonyl (C=O) groups excluding carboxylic acids is 3. The van der Waals surface area contributed by atoms with Crippen LogP contribution in [0.15, 0.2) is 24.3 Å². The number of rotatable bonds is 5. The summed E-state index contributed by atoms with van der Waals surface area (Å²) >= 11 is 0. The first kappa shape index (κ1) is 17.0. The van der Waals surface area contributed by atoms with Crippen molar-refractivity contribution in [1.29, 1.82) is 0 Å². The van der Waals surface area contributed by atoms with Crippen molar-refractivity contribution >= 4 is 23.4 Å². The van der Waals surface area contributed by atoms with Crippen LogP contribution in [0.1, 0.15) is 30.1 Å². The van der Waals surface area contributed by atoms with Gasteiger partial charge in [-0.25, -0.2) is 0 Å². The van der Waals surface area contributed by atoms with Crippen LogP contribution in [0.5, 0.6) is 0 Å². The van der Waals surface area contributed by atoms with Gasteiger partial charge in [0.25, 0.3) is 11.8 Å². The average molecular weight is 319 g/mol. The van der Waals surface area contributed by atoms with E-state index in [2.05, 4.69) is 16.0 Å². The number of ether oxygens (including phenoxy) is 1. The molecule has 0 unspecified atom stereocenters. The minimum atomic E-state index is -0.822. The summed E-state index contributed by atoms with van der Waals surface area (Å²) in [6.07, 6.45) is 1.52. The van der Waals surface area contributed by atoms with Crippen molar-refractivity contribution in [2.45, 2.75) is 25.4 Å². The van der Waals surface area contributed by atoms with Gasteiger partial charge in [-0.15, -0.1) is 0 Å². The molecule has 0 aromatic heterocycles. The summed E-state index contributed by atoms with van der Waals surface area (Å²) < 4.78 is 5.49. The first-order valence-electron chi connectivity index (χ1n) is 7.49. The SMILES string of the molecule is CNC(=O)CNC(=O)c1cccc(NC(=O)[C@]2(C)CCCO2)c1. The zero-order chi connectivity index (χ0) is 16.9. The van der Waals surface area contributed by atoms with E-state index in [1.165, 1.54) is 7.05 Å². The Kier molecular flexibility index (Phi) is 5.33. The molecule has 1 aromatic carbocycles. The molecule has 1 atom stereocenters. The average Bonchev–Trinajstić information content (AvgIpc) is 3.00. The van der Waals surface area contributed by atoms with Crippen LogP contribution in [0.25, 0.3) is 0 Å². The second-order valence-corrected chi connectivity index (χ2v) is 5.57. The number of amides is 3. The third-order valence-electron chi connectivity index (χ3n) is 3.77. The van der Waals surface area contributed by atoms with Crippen LogP contribution in [0, 0.1) is 0 Å². The van der Waals surface area contributed by atoms with E-state index in [4.69, 9.17) is 4.74 Å². The van der Waals surface area contributed by atoms with Crippen LogP contribution in [0.2, 0.25) is 0 Å². The smallest absolute Gasteiger partial charge is 0.256 e. The van der Waals surface area contributed by atoms with Crippen LogP contribution < -0.4 is 16.0 Å². The summed E-state index contributed by atoms with van der Waals surface area (Å²) in [7, 11) is 1.50. The fourth-order valence-corrected chi connectivity index (χ4v) is 2.31. The molecule has 23 heavy (non-hydrogen) atoms. The Bertz CT molecular complexity index is 609. The maximum atomic E-state index is 12.3. The van der Waals surface area contributed by atoms with Crippen LogP contribution in [0.3, 0.4) is 0 Å². The summed E-state index contributed by atoms with van der Waals surface area (Å²) in [6.45, 7) is 2.24. The van der Waals surface area contributed by atoms with Crippen LogP contribution in [-0.2, 0) is 14.3 Å². The predicted octanol–water partition coefficient (Wildman–Crippen LogP) is 0.670. The zero-order valence-corrected chi connectivity index (χ0v) is 13.3. The summed E-state index contributed by atoms with van der Waals surface area (Å²) in [5.74, 6) is -0.889. The second-order valence-electron chi connectivity index (χ2n) is 5.57. The summed E-state index contributed by atoms with van der Waals surface area (Å²) in [4.78, 5) is 35.4. The molecule has 0 radical (unpaired) electrons. The molecule has 3 N–H and O–H groups in total. The normalized spacial score (nSPS) is 19.9. The van der Waals surface area contributed by atoms with E-state index >= 15 is 0 Å². The Balaban J connectivity index is 2.00. The molecule has 0 aliphatic carbocycles. The predicted molar refractivity (Wildman–Crippen MR) is 85.1 cm³/mol. The highest BCUT2D eigenvalue weighted by atomic mass is 16.5. The van der Waals surface area contributed by atoms with Crippen LogP contribution in [0.4, 0.5) is 5.69 Å². The van der Waals surface area contributed by atoms with E-state index < -0.39 is 5.60 Å². The van der Waals surface area contributed by atoms with Crippen LogP contribution >= 0.6 is 0 Å². The molecule has 7 nitrogen and oxygen atoms in total. The van der Waals surface area contributed by atoms with Gasteiger partial charge in [0.15, 0.2) is 0 Å². The Hall–Kier alpha value is -2.41. The molecule has 0 spiro atoms. The van der Waals surface area contributed by atoms with Gasteiger partial charge in [0.1, 0.15) is 5.60 Å². The molecular formula is C16H21N3O4. The van der Waals surface area contributed by atoms with Crippen molar-refractivity contribution in [3.63, 3.8) is 0 Å². The maximum absolute atomic E-state index is 12.3. The highest BCUT2D eigenvalue weighted by Crippen LogP contribution is 2.26. The lowest BCUT2D eigenvalue weighted by Gasteiger charge is -2.22. The third-order valence-corrected chi connectivity index (χ3v) is 3.77. The molecule has 7 heteroatoms. The van der Waals surface area contributed by atoms with Gasteiger partial charge < -0.3 is 20.7 Å². The topological polar surface area (TPSA) is 96.5 Å². The summed E-state index contributed by atoms with van der Waals surface area (Å²) in [6, 6.07) is 6.55. The molecule has 3 amide bonds. The fraction of sp³-hybridized carbons (Fsp3) is 0.438. The standard InChI is InChI=1S/C16H21N3O4/c1-16(7-4-8-23-16)15(22)19-12-6-3-5-11(9-12)14(21)18-10-13(20)17-2/h3,5-6,9H,4,7-8,10H2,1-2H3,(H,17,20)(H,18,21)(H,19,22)/t16-/m0/s1.